The van der Waals surface area contributed by atoms with E-state index in [4.69, 9.17) is 16.3 Å². The summed E-state index contributed by atoms with van der Waals surface area (Å²) in [5, 5.41) is 7.01. The predicted molar refractivity (Wildman–Crippen MR) is 126 cm³/mol. The number of hydrogen-bond acceptors (Lipinski definition) is 6. The molecule has 184 valence electrons. The van der Waals surface area contributed by atoms with Crippen LogP contribution < -0.4 is 4.74 Å². The normalized spacial score (nSPS) is 11.8. The molecule has 0 amide bonds. The number of aromatic nitrogens is 5. The predicted octanol–water partition coefficient (Wildman–Crippen LogP) is 5.07. The summed E-state index contributed by atoms with van der Waals surface area (Å²) in [6.07, 6.45) is 4.28. The number of halogens is 4. The van der Waals surface area contributed by atoms with E-state index in [0.717, 1.165) is 18.2 Å². The molecule has 0 aliphatic carbocycles. The van der Waals surface area contributed by atoms with Crippen LogP contribution >= 0.6 is 11.6 Å². The number of ether oxygens (including phenoxy) is 1. The largest absolute Gasteiger partial charge is 0.480 e. The third kappa shape index (κ3) is 4.07. The molecule has 0 atom stereocenters. The molecule has 0 radical (unpaired) electrons. The number of sulfone groups is 1. The number of nitrogens with zero attached hydrogens (tertiary/aromatic N) is 3. The zero-order valence-electron chi connectivity index (χ0n) is 18.3. The van der Waals surface area contributed by atoms with E-state index < -0.39 is 49.1 Å². The van der Waals surface area contributed by atoms with Gasteiger partial charge in [0.05, 0.1) is 17.9 Å². The van der Waals surface area contributed by atoms with Crippen LogP contribution in [0.15, 0.2) is 53.8 Å². The minimum absolute atomic E-state index is 0.0121. The molecule has 0 aliphatic heterocycles. The third-order valence-electron chi connectivity index (χ3n) is 5.46. The number of fused-ring (bicyclic) bond motifs is 1. The molecule has 36 heavy (non-hydrogen) atoms. The Labute approximate surface area is 207 Å². The number of rotatable bonds is 6. The van der Waals surface area contributed by atoms with Crippen LogP contribution in [0.4, 0.5) is 13.2 Å². The smallest absolute Gasteiger partial charge is 0.232 e. The van der Waals surface area contributed by atoms with E-state index in [0.29, 0.717) is 16.9 Å². The second-order valence-corrected chi connectivity index (χ2v) is 10.1. The average molecular weight is 534 g/mol. The van der Waals surface area contributed by atoms with Crippen LogP contribution in [-0.4, -0.2) is 40.7 Å². The lowest BCUT2D eigenvalue weighted by Crippen LogP contribution is -2.10. The van der Waals surface area contributed by atoms with Gasteiger partial charge in [-0.1, -0.05) is 17.7 Å². The molecule has 0 saturated carbocycles. The van der Waals surface area contributed by atoms with Crippen LogP contribution in [0, 0.1) is 17.5 Å². The van der Waals surface area contributed by atoms with Gasteiger partial charge in [0.2, 0.25) is 5.88 Å². The first kappa shape index (κ1) is 23.8. The van der Waals surface area contributed by atoms with Gasteiger partial charge in [-0.15, -0.1) is 0 Å². The molecule has 0 aliphatic rings. The molecule has 2 N–H and O–H groups in total. The van der Waals surface area contributed by atoms with Crippen molar-refractivity contribution < 1.29 is 26.3 Å². The van der Waals surface area contributed by atoms with Gasteiger partial charge in [0, 0.05) is 40.7 Å². The fourth-order valence-electron chi connectivity index (χ4n) is 3.85. The maximum atomic E-state index is 15.5. The Bertz CT molecular complexity index is 1720. The maximum absolute atomic E-state index is 15.5. The first-order valence-corrected chi connectivity index (χ1v) is 12.3. The van der Waals surface area contributed by atoms with Crippen molar-refractivity contribution in [2.75, 3.05) is 7.11 Å². The molecule has 8 nitrogen and oxygen atoms in total. The maximum Gasteiger partial charge on any atom is 0.232 e. The van der Waals surface area contributed by atoms with Crippen molar-refractivity contribution in [3.63, 3.8) is 0 Å². The first-order chi connectivity index (χ1) is 17.2. The lowest BCUT2D eigenvalue weighted by Gasteiger charge is -2.12. The summed E-state index contributed by atoms with van der Waals surface area (Å²) in [6.45, 7) is 0. The van der Waals surface area contributed by atoms with Gasteiger partial charge in [-0.2, -0.15) is 5.10 Å². The molecule has 3 heterocycles. The Balaban J connectivity index is 1.60. The van der Waals surface area contributed by atoms with E-state index in [9.17, 15) is 12.8 Å². The van der Waals surface area contributed by atoms with Crippen molar-refractivity contribution in [3.05, 3.63) is 77.0 Å². The summed E-state index contributed by atoms with van der Waals surface area (Å²) in [4.78, 5) is 10.4. The van der Waals surface area contributed by atoms with Gasteiger partial charge in [0.1, 0.15) is 27.7 Å². The van der Waals surface area contributed by atoms with Gasteiger partial charge in [0.15, 0.2) is 21.5 Å². The molecule has 0 unspecified atom stereocenters. The van der Waals surface area contributed by atoms with Gasteiger partial charge >= 0.3 is 0 Å². The number of methoxy groups -OCH3 is 1. The van der Waals surface area contributed by atoms with E-state index in [1.165, 1.54) is 31.6 Å². The molecule has 13 heteroatoms. The van der Waals surface area contributed by atoms with Gasteiger partial charge in [-0.05, 0) is 24.3 Å². The van der Waals surface area contributed by atoms with Crippen molar-refractivity contribution in [3.8, 4) is 28.5 Å². The molecule has 2 aromatic carbocycles. The second-order valence-electron chi connectivity index (χ2n) is 7.71. The summed E-state index contributed by atoms with van der Waals surface area (Å²) in [6, 6.07) is 5.37. The Hall–Kier alpha value is -3.90. The van der Waals surface area contributed by atoms with Crippen molar-refractivity contribution in [2.45, 2.75) is 10.6 Å². The van der Waals surface area contributed by atoms with Crippen molar-refractivity contribution in [1.82, 2.24) is 25.1 Å². The van der Waals surface area contributed by atoms with E-state index in [1.807, 2.05) is 0 Å². The molecule has 3 aromatic heterocycles. The van der Waals surface area contributed by atoms with Crippen LogP contribution in [0.3, 0.4) is 0 Å². The van der Waals surface area contributed by atoms with E-state index in [2.05, 4.69) is 25.1 Å². The topological polar surface area (TPSA) is 114 Å². The van der Waals surface area contributed by atoms with Gasteiger partial charge < -0.3 is 9.72 Å². The van der Waals surface area contributed by atoms with Crippen LogP contribution in [0.1, 0.15) is 5.56 Å². The Morgan fingerprint density at radius 2 is 1.86 bits per heavy atom. The highest BCUT2D eigenvalue weighted by molar-refractivity contribution is 7.90. The first-order valence-electron chi connectivity index (χ1n) is 10.3. The van der Waals surface area contributed by atoms with E-state index in [-0.39, 0.29) is 22.0 Å². The number of hydrogen-bond donors (Lipinski definition) is 2. The monoisotopic (exact) mass is 533 g/mol. The summed E-state index contributed by atoms with van der Waals surface area (Å²) in [5.41, 5.74) is -0.969. The minimum atomic E-state index is -4.28. The van der Waals surface area contributed by atoms with Gasteiger partial charge in [-0.3, -0.25) is 5.10 Å². The molecule has 0 spiro atoms. The van der Waals surface area contributed by atoms with Crippen molar-refractivity contribution in [1.29, 1.82) is 0 Å². The highest BCUT2D eigenvalue weighted by Crippen LogP contribution is 2.36. The number of pyridine rings is 1. The highest BCUT2D eigenvalue weighted by Gasteiger charge is 2.26. The van der Waals surface area contributed by atoms with Gasteiger partial charge in [-0.25, -0.2) is 31.6 Å². The van der Waals surface area contributed by atoms with Crippen LogP contribution in [0.2, 0.25) is 5.02 Å². The zero-order valence-corrected chi connectivity index (χ0v) is 19.9. The average Bonchev–Trinajstić information content (AvgIpc) is 3.52. The molecule has 5 rings (SSSR count). The number of benzene rings is 2. The molecule has 0 fully saturated rings. The highest BCUT2D eigenvalue weighted by atomic mass is 35.5. The third-order valence-corrected chi connectivity index (χ3v) is 7.32. The minimum Gasteiger partial charge on any atom is -0.480 e. The summed E-state index contributed by atoms with van der Waals surface area (Å²) >= 11 is 5.87. The number of aromatic amines is 2. The lowest BCUT2D eigenvalue weighted by molar-refractivity contribution is 0.385. The van der Waals surface area contributed by atoms with Crippen molar-refractivity contribution in [2.24, 2.45) is 0 Å². The fourth-order valence-corrected chi connectivity index (χ4v) is 5.56. The lowest BCUT2D eigenvalue weighted by atomic mass is 10.00. The Morgan fingerprint density at radius 1 is 1.06 bits per heavy atom. The fraction of sp³-hybridized carbons (Fsp3) is 0.0870. The van der Waals surface area contributed by atoms with Crippen LogP contribution in [0.5, 0.6) is 5.88 Å². The molecule has 0 saturated heterocycles. The summed E-state index contributed by atoms with van der Waals surface area (Å²) < 4.78 is 76.6. The van der Waals surface area contributed by atoms with Crippen molar-refractivity contribution >= 4 is 32.3 Å². The second kappa shape index (κ2) is 8.95. The van der Waals surface area contributed by atoms with Gasteiger partial charge in [0.25, 0.3) is 0 Å². The molecular weight excluding hydrogens is 519 g/mol. The Morgan fingerprint density at radius 3 is 2.58 bits per heavy atom. The molecular formula is C23H15ClF3N5O3S. The SMILES string of the molecule is COc1ncc(Cl)cc1S(=O)(=O)Cc1cc(F)cc(-c2ccc3c(-c4ncc[nH]4)[nH]nc3c2F)c1F. The van der Waals surface area contributed by atoms with E-state index >= 15 is 8.78 Å². The number of imidazole rings is 1. The van der Waals surface area contributed by atoms with Crippen LogP contribution in [-0.2, 0) is 15.6 Å². The molecule has 5 aromatic rings. The van der Waals surface area contributed by atoms with Crippen LogP contribution in [0.25, 0.3) is 33.5 Å². The summed E-state index contributed by atoms with van der Waals surface area (Å²) in [7, 11) is -3.07. The molecule has 0 bridgehead atoms. The Kier molecular flexibility index (Phi) is 5.92. The standard InChI is InChI=1S/C23H15ClF3N5O3S/c1-35-23-17(7-12(24)9-30-23)36(33,34)10-11-6-13(25)8-16(18(11)26)14-2-3-15-20(19(14)27)31-32-21(15)22-28-4-5-29-22/h2-9H,10H2,1H3,(H,28,29)(H,31,32). The zero-order chi connectivity index (χ0) is 25.6. The quantitative estimate of drug-likeness (QED) is 0.315. The summed E-state index contributed by atoms with van der Waals surface area (Å²) in [5.74, 6) is -3.75. The number of H-pyrrole nitrogens is 2. The van der Waals surface area contributed by atoms with E-state index in [1.54, 1.807) is 6.20 Å². The number of nitrogens with one attached hydrogen (secondary N) is 2.